The maximum Gasteiger partial charge on any atom is 0.149 e. The molecule has 0 radical (unpaired) electrons. The summed E-state index contributed by atoms with van der Waals surface area (Å²) in [5.41, 5.74) is 8.36. The minimum absolute atomic E-state index is 0.279. The maximum absolute atomic E-state index is 12.8. The summed E-state index contributed by atoms with van der Waals surface area (Å²) in [5.74, 6) is 0.750. The van der Waals surface area contributed by atoms with Crippen LogP contribution in [0.4, 0.5) is 10.2 Å². The van der Waals surface area contributed by atoms with E-state index in [-0.39, 0.29) is 5.82 Å². The third kappa shape index (κ3) is 3.20. The lowest BCUT2D eigenvalue weighted by molar-refractivity contribution is 0.306. The molecule has 4 nitrogen and oxygen atoms in total. The van der Waals surface area contributed by atoms with E-state index in [1.165, 1.54) is 12.1 Å². The molecule has 22 heavy (non-hydrogen) atoms. The van der Waals surface area contributed by atoms with Crippen LogP contribution >= 0.6 is 0 Å². The maximum atomic E-state index is 12.8. The Labute approximate surface area is 127 Å². The van der Waals surface area contributed by atoms with E-state index in [1.807, 2.05) is 24.3 Å². The van der Waals surface area contributed by atoms with Crippen LogP contribution in [0, 0.1) is 5.82 Å². The molecular weight excluding hydrogens is 281 g/mol. The molecule has 0 spiro atoms. The topological polar surface area (TPSA) is 61.0 Å². The Morgan fingerprint density at radius 2 is 1.59 bits per heavy atom. The van der Waals surface area contributed by atoms with Crippen LogP contribution in [0.5, 0.6) is 5.75 Å². The van der Waals surface area contributed by atoms with Crippen LogP contribution in [0.3, 0.4) is 0 Å². The lowest BCUT2D eigenvalue weighted by atomic mass is 10.1. The van der Waals surface area contributed by atoms with Crippen molar-refractivity contribution in [2.75, 3.05) is 5.73 Å². The van der Waals surface area contributed by atoms with Crippen molar-refractivity contribution in [3.05, 3.63) is 72.3 Å². The number of nitrogens with two attached hydrogens (primary N) is 1. The van der Waals surface area contributed by atoms with Crippen LogP contribution in [0.2, 0.25) is 0 Å². The second kappa shape index (κ2) is 6.22. The van der Waals surface area contributed by atoms with Gasteiger partial charge in [-0.1, -0.05) is 24.3 Å². The molecule has 0 bridgehead atoms. The first-order valence-corrected chi connectivity index (χ1v) is 6.76. The van der Waals surface area contributed by atoms with Crippen molar-refractivity contribution in [3.8, 4) is 17.0 Å². The minimum atomic E-state index is -0.279. The summed E-state index contributed by atoms with van der Waals surface area (Å²) in [7, 11) is 0. The summed E-state index contributed by atoms with van der Waals surface area (Å²) in [6, 6.07) is 13.7. The highest BCUT2D eigenvalue weighted by Gasteiger charge is 2.04. The summed E-state index contributed by atoms with van der Waals surface area (Å²) >= 11 is 0. The Hall–Kier alpha value is -2.95. The van der Waals surface area contributed by atoms with Crippen molar-refractivity contribution in [3.63, 3.8) is 0 Å². The van der Waals surface area contributed by atoms with E-state index < -0.39 is 0 Å². The van der Waals surface area contributed by atoms with Crippen molar-refractivity contribution < 1.29 is 9.13 Å². The Balaban J connectivity index is 1.69. The lowest BCUT2D eigenvalue weighted by Gasteiger charge is -2.08. The predicted molar refractivity (Wildman–Crippen MR) is 82.6 cm³/mol. The summed E-state index contributed by atoms with van der Waals surface area (Å²) in [4.78, 5) is 8.25. The second-order valence-corrected chi connectivity index (χ2v) is 4.73. The molecule has 2 aromatic carbocycles. The van der Waals surface area contributed by atoms with Crippen molar-refractivity contribution >= 4 is 5.82 Å². The van der Waals surface area contributed by atoms with Gasteiger partial charge in [-0.15, -0.1) is 0 Å². The van der Waals surface area contributed by atoms with E-state index in [9.17, 15) is 4.39 Å². The number of ether oxygens (including phenoxy) is 1. The highest BCUT2D eigenvalue weighted by atomic mass is 19.1. The molecule has 0 aliphatic carbocycles. The van der Waals surface area contributed by atoms with E-state index in [2.05, 4.69) is 9.97 Å². The number of halogens is 1. The molecule has 3 rings (SSSR count). The SMILES string of the molecule is Nc1nccnc1-c1ccc(COc2ccc(F)cc2)cc1. The van der Waals surface area contributed by atoms with E-state index in [4.69, 9.17) is 10.5 Å². The molecule has 2 N–H and O–H groups in total. The first-order valence-electron chi connectivity index (χ1n) is 6.76. The predicted octanol–water partition coefficient (Wildman–Crippen LogP) is 3.44. The van der Waals surface area contributed by atoms with Crippen molar-refractivity contribution in [2.24, 2.45) is 0 Å². The molecule has 0 saturated heterocycles. The number of nitrogen functional groups attached to an aromatic ring is 1. The average molecular weight is 295 g/mol. The van der Waals surface area contributed by atoms with Gasteiger partial charge in [0.15, 0.2) is 0 Å². The summed E-state index contributed by atoms with van der Waals surface area (Å²) in [6.45, 7) is 0.405. The lowest BCUT2D eigenvalue weighted by Crippen LogP contribution is -1.97. The molecule has 1 aromatic heterocycles. The Bertz CT molecular complexity index is 758. The number of benzene rings is 2. The number of hydrogen-bond acceptors (Lipinski definition) is 4. The van der Waals surface area contributed by atoms with E-state index >= 15 is 0 Å². The fourth-order valence-corrected chi connectivity index (χ4v) is 2.03. The molecule has 0 aliphatic rings. The van der Waals surface area contributed by atoms with Crippen LogP contribution in [0.1, 0.15) is 5.56 Å². The molecular formula is C17H14FN3O. The molecule has 0 unspecified atom stereocenters. The summed E-state index contributed by atoms with van der Waals surface area (Å²) in [6.07, 6.45) is 3.17. The number of aromatic nitrogens is 2. The smallest absolute Gasteiger partial charge is 0.149 e. The highest BCUT2D eigenvalue weighted by Crippen LogP contribution is 2.22. The second-order valence-electron chi connectivity index (χ2n) is 4.73. The number of rotatable bonds is 4. The Kier molecular flexibility index (Phi) is 3.96. The zero-order valence-electron chi connectivity index (χ0n) is 11.7. The van der Waals surface area contributed by atoms with Gasteiger partial charge in [0, 0.05) is 18.0 Å². The van der Waals surface area contributed by atoms with Gasteiger partial charge < -0.3 is 10.5 Å². The highest BCUT2D eigenvalue weighted by molar-refractivity contribution is 5.69. The standard InChI is InChI=1S/C17H14FN3O/c18-14-5-7-15(8-6-14)22-11-12-1-3-13(4-2-12)16-17(19)21-10-9-20-16/h1-10H,11H2,(H2,19,21). The average Bonchev–Trinajstić information content (AvgIpc) is 2.55. The number of hydrogen-bond donors (Lipinski definition) is 1. The quantitative estimate of drug-likeness (QED) is 0.801. The molecule has 0 aliphatic heterocycles. The molecule has 5 heteroatoms. The van der Waals surface area contributed by atoms with Crippen LogP contribution in [0.15, 0.2) is 60.9 Å². The largest absolute Gasteiger partial charge is 0.489 e. The van der Waals surface area contributed by atoms with Crippen molar-refractivity contribution in [1.82, 2.24) is 9.97 Å². The van der Waals surface area contributed by atoms with Crippen LogP contribution < -0.4 is 10.5 Å². The fourth-order valence-electron chi connectivity index (χ4n) is 2.03. The molecule has 0 amide bonds. The van der Waals surface area contributed by atoms with Crippen molar-refractivity contribution in [1.29, 1.82) is 0 Å². The molecule has 0 fully saturated rings. The van der Waals surface area contributed by atoms with Gasteiger partial charge in [0.25, 0.3) is 0 Å². The normalized spacial score (nSPS) is 10.4. The van der Waals surface area contributed by atoms with E-state index in [1.54, 1.807) is 24.5 Å². The van der Waals surface area contributed by atoms with E-state index in [0.29, 0.717) is 23.9 Å². The first-order chi connectivity index (χ1) is 10.7. The monoisotopic (exact) mass is 295 g/mol. The zero-order valence-corrected chi connectivity index (χ0v) is 11.7. The molecule has 110 valence electrons. The van der Waals surface area contributed by atoms with Gasteiger partial charge in [0.05, 0.1) is 0 Å². The van der Waals surface area contributed by atoms with Gasteiger partial charge in [-0.05, 0) is 29.8 Å². The van der Waals surface area contributed by atoms with Gasteiger partial charge in [0.2, 0.25) is 0 Å². The van der Waals surface area contributed by atoms with E-state index in [0.717, 1.165) is 11.1 Å². The summed E-state index contributed by atoms with van der Waals surface area (Å²) in [5, 5.41) is 0. The third-order valence-electron chi connectivity index (χ3n) is 3.17. The minimum Gasteiger partial charge on any atom is -0.489 e. The Morgan fingerprint density at radius 1 is 0.909 bits per heavy atom. The Morgan fingerprint density at radius 3 is 2.27 bits per heavy atom. The molecule has 0 saturated carbocycles. The van der Waals surface area contributed by atoms with Gasteiger partial charge >= 0.3 is 0 Å². The van der Waals surface area contributed by atoms with Gasteiger partial charge in [-0.3, -0.25) is 4.98 Å². The molecule has 0 atom stereocenters. The summed E-state index contributed by atoms with van der Waals surface area (Å²) < 4.78 is 18.4. The van der Waals surface area contributed by atoms with Crippen LogP contribution in [-0.4, -0.2) is 9.97 Å². The number of anilines is 1. The van der Waals surface area contributed by atoms with Crippen LogP contribution in [0.25, 0.3) is 11.3 Å². The van der Waals surface area contributed by atoms with Crippen molar-refractivity contribution in [2.45, 2.75) is 6.61 Å². The number of nitrogens with zero attached hydrogens (tertiary/aromatic N) is 2. The molecule has 3 aromatic rings. The fraction of sp³-hybridized carbons (Fsp3) is 0.0588. The molecule has 1 heterocycles. The van der Waals surface area contributed by atoms with Gasteiger partial charge in [0.1, 0.15) is 29.7 Å². The van der Waals surface area contributed by atoms with Crippen LogP contribution in [-0.2, 0) is 6.61 Å². The zero-order chi connectivity index (χ0) is 15.4. The van der Waals surface area contributed by atoms with Gasteiger partial charge in [-0.2, -0.15) is 0 Å². The first kappa shape index (κ1) is 14.0. The van der Waals surface area contributed by atoms with Gasteiger partial charge in [-0.25, -0.2) is 9.37 Å². The third-order valence-corrected chi connectivity index (χ3v) is 3.17.